The highest BCUT2D eigenvalue weighted by Gasteiger charge is 2.21. The van der Waals surface area contributed by atoms with Crippen LogP contribution in [0.2, 0.25) is 0 Å². The van der Waals surface area contributed by atoms with Crippen LogP contribution in [0, 0.1) is 5.92 Å². The number of hydrogen-bond donors (Lipinski definition) is 2. The monoisotopic (exact) mass is 248 g/mol. The quantitative estimate of drug-likeness (QED) is 0.859. The molecule has 1 aliphatic rings. The highest BCUT2D eigenvalue weighted by atomic mass is 15.1. The first-order valence-electron chi connectivity index (χ1n) is 6.91. The molecule has 4 nitrogen and oxygen atoms in total. The molecule has 0 amide bonds. The van der Waals surface area contributed by atoms with Crippen molar-refractivity contribution in [3.63, 3.8) is 0 Å². The lowest BCUT2D eigenvalue weighted by molar-refractivity contribution is 0.602. The predicted molar refractivity (Wildman–Crippen MR) is 76.1 cm³/mol. The summed E-state index contributed by atoms with van der Waals surface area (Å²) in [5.74, 6) is 3.92. The van der Waals surface area contributed by atoms with E-state index < -0.39 is 0 Å². The van der Waals surface area contributed by atoms with Gasteiger partial charge in [0.1, 0.15) is 17.5 Å². The Morgan fingerprint density at radius 3 is 2.50 bits per heavy atom. The van der Waals surface area contributed by atoms with E-state index in [0.717, 1.165) is 23.4 Å². The Kier molecular flexibility index (Phi) is 4.04. The molecule has 0 bridgehead atoms. The third-order valence-electron chi connectivity index (χ3n) is 3.56. The molecule has 0 spiro atoms. The normalized spacial score (nSPS) is 23.4. The summed E-state index contributed by atoms with van der Waals surface area (Å²) in [6, 6.07) is 2.56. The molecule has 1 fully saturated rings. The van der Waals surface area contributed by atoms with Crippen molar-refractivity contribution < 1.29 is 0 Å². The highest BCUT2D eigenvalue weighted by Crippen LogP contribution is 2.27. The first-order chi connectivity index (χ1) is 8.58. The number of aromatic nitrogens is 2. The molecule has 0 aliphatic heterocycles. The summed E-state index contributed by atoms with van der Waals surface area (Å²) in [5, 5.41) is 6.66. The van der Waals surface area contributed by atoms with E-state index in [1.54, 1.807) is 0 Å². The highest BCUT2D eigenvalue weighted by molar-refractivity contribution is 5.48. The zero-order valence-corrected chi connectivity index (χ0v) is 11.8. The molecule has 2 N–H and O–H groups in total. The van der Waals surface area contributed by atoms with Gasteiger partial charge in [-0.3, -0.25) is 0 Å². The lowest BCUT2D eigenvalue weighted by Crippen LogP contribution is -2.17. The Morgan fingerprint density at radius 2 is 1.94 bits per heavy atom. The maximum atomic E-state index is 4.61. The van der Waals surface area contributed by atoms with Crippen molar-refractivity contribution in [1.29, 1.82) is 0 Å². The lowest BCUT2D eigenvalue weighted by atomic mass is 10.1. The van der Waals surface area contributed by atoms with Crippen LogP contribution < -0.4 is 10.6 Å². The molecule has 1 heterocycles. The van der Waals surface area contributed by atoms with Crippen LogP contribution in [0.15, 0.2) is 6.07 Å². The Hall–Kier alpha value is -1.32. The van der Waals surface area contributed by atoms with Crippen molar-refractivity contribution in [1.82, 2.24) is 9.97 Å². The van der Waals surface area contributed by atoms with Crippen molar-refractivity contribution >= 4 is 11.6 Å². The van der Waals surface area contributed by atoms with Gasteiger partial charge in [0, 0.05) is 25.1 Å². The van der Waals surface area contributed by atoms with Gasteiger partial charge < -0.3 is 10.6 Å². The van der Waals surface area contributed by atoms with E-state index >= 15 is 0 Å². The van der Waals surface area contributed by atoms with Gasteiger partial charge >= 0.3 is 0 Å². The molecular weight excluding hydrogens is 224 g/mol. The topological polar surface area (TPSA) is 49.8 Å². The van der Waals surface area contributed by atoms with E-state index in [4.69, 9.17) is 0 Å². The van der Waals surface area contributed by atoms with Gasteiger partial charge in [-0.15, -0.1) is 0 Å². The maximum Gasteiger partial charge on any atom is 0.135 e. The summed E-state index contributed by atoms with van der Waals surface area (Å²) in [6.07, 6.45) is 3.81. The Bertz CT molecular complexity index is 403. The molecule has 1 aromatic rings. The fourth-order valence-electron chi connectivity index (χ4n) is 2.47. The molecule has 18 heavy (non-hydrogen) atoms. The van der Waals surface area contributed by atoms with Crippen LogP contribution in [0.1, 0.15) is 51.8 Å². The molecule has 0 radical (unpaired) electrons. The summed E-state index contributed by atoms with van der Waals surface area (Å²) in [5.41, 5.74) is 0. The van der Waals surface area contributed by atoms with Gasteiger partial charge in [-0.2, -0.15) is 0 Å². The van der Waals surface area contributed by atoms with Crippen LogP contribution in [0.5, 0.6) is 0 Å². The molecule has 2 unspecified atom stereocenters. The fourth-order valence-corrected chi connectivity index (χ4v) is 2.47. The van der Waals surface area contributed by atoms with Gasteiger partial charge in [0.25, 0.3) is 0 Å². The van der Waals surface area contributed by atoms with E-state index in [1.807, 2.05) is 13.1 Å². The van der Waals surface area contributed by atoms with Crippen molar-refractivity contribution in [2.45, 2.75) is 52.0 Å². The van der Waals surface area contributed by atoms with Gasteiger partial charge in [-0.1, -0.05) is 20.8 Å². The van der Waals surface area contributed by atoms with Crippen LogP contribution >= 0.6 is 0 Å². The second kappa shape index (κ2) is 5.55. The fraction of sp³-hybridized carbons (Fsp3) is 0.714. The minimum atomic E-state index is 0.348. The zero-order chi connectivity index (χ0) is 13.1. The van der Waals surface area contributed by atoms with Crippen LogP contribution in [-0.2, 0) is 0 Å². The number of nitrogens with zero attached hydrogens (tertiary/aromatic N) is 2. The summed E-state index contributed by atoms with van der Waals surface area (Å²) in [4.78, 5) is 9.09. The SMILES string of the molecule is CNc1cc(NC2CCC(C)C2)nc(C(C)C)n1. The van der Waals surface area contributed by atoms with Crippen molar-refractivity contribution in [3.05, 3.63) is 11.9 Å². The minimum Gasteiger partial charge on any atom is -0.373 e. The second-order valence-electron chi connectivity index (χ2n) is 5.66. The van der Waals surface area contributed by atoms with Crippen LogP contribution in [-0.4, -0.2) is 23.1 Å². The summed E-state index contributed by atoms with van der Waals surface area (Å²) >= 11 is 0. The Labute approximate surface area is 110 Å². The zero-order valence-electron chi connectivity index (χ0n) is 11.8. The van der Waals surface area contributed by atoms with Crippen LogP contribution in [0.25, 0.3) is 0 Å². The van der Waals surface area contributed by atoms with E-state index in [9.17, 15) is 0 Å². The molecular formula is C14H24N4. The summed E-state index contributed by atoms with van der Waals surface area (Å²) in [7, 11) is 1.90. The van der Waals surface area contributed by atoms with E-state index in [2.05, 4.69) is 41.4 Å². The largest absolute Gasteiger partial charge is 0.373 e. The molecule has 2 atom stereocenters. The smallest absolute Gasteiger partial charge is 0.135 e. The molecule has 4 heteroatoms. The molecule has 0 aromatic carbocycles. The Morgan fingerprint density at radius 1 is 1.22 bits per heavy atom. The molecule has 1 aromatic heterocycles. The van der Waals surface area contributed by atoms with E-state index in [1.165, 1.54) is 19.3 Å². The number of anilines is 2. The maximum absolute atomic E-state index is 4.61. The van der Waals surface area contributed by atoms with Crippen molar-refractivity contribution in [3.8, 4) is 0 Å². The molecule has 1 aliphatic carbocycles. The summed E-state index contributed by atoms with van der Waals surface area (Å²) in [6.45, 7) is 6.56. The Balaban J connectivity index is 2.13. The first-order valence-corrected chi connectivity index (χ1v) is 6.91. The lowest BCUT2D eigenvalue weighted by Gasteiger charge is -2.15. The molecule has 1 saturated carbocycles. The van der Waals surface area contributed by atoms with Gasteiger partial charge in [-0.05, 0) is 25.2 Å². The third-order valence-corrected chi connectivity index (χ3v) is 3.56. The van der Waals surface area contributed by atoms with Crippen molar-refractivity contribution in [2.75, 3.05) is 17.7 Å². The van der Waals surface area contributed by atoms with Gasteiger partial charge in [0.15, 0.2) is 0 Å². The average Bonchev–Trinajstić information content (AvgIpc) is 2.74. The second-order valence-corrected chi connectivity index (χ2v) is 5.66. The minimum absolute atomic E-state index is 0.348. The molecule has 100 valence electrons. The standard InChI is InChI=1S/C14H24N4/c1-9(2)14-17-12(15-4)8-13(18-14)16-11-6-5-10(3)7-11/h8-11H,5-7H2,1-4H3,(H2,15,16,17,18). The number of nitrogens with one attached hydrogen (secondary N) is 2. The number of rotatable bonds is 4. The average molecular weight is 248 g/mol. The van der Waals surface area contributed by atoms with E-state index in [-0.39, 0.29) is 0 Å². The van der Waals surface area contributed by atoms with Gasteiger partial charge in [-0.25, -0.2) is 9.97 Å². The molecule has 2 rings (SSSR count). The summed E-state index contributed by atoms with van der Waals surface area (Å²) < 4.78 is 0. The van der Waals surface area contributed by atoms with Crippen LogP contribution in [0.3, 0.4) is 0 Å². The number of hydrogen-bond acceptors (Lipinski definition) is 4. The van der Waals surface area contributed by atoms with Crippen LogP contribution in [0.4, 0.5) is 11.6 Å². The first kappa shape index (κ1) is 13.1. The molecule has 0 saturated heterocycles. The van der Waals surface area contributed by atoms with Gasteiger partial charge in [0.05, 0.1) is 0 Å². The van der Waals surface area contributed by atoms with E-state index in [0.29, 0.717) is 12.0 Å². The predicted octanol–water partition coefficient (Wildman–Crippen LogP) is 3.24. The van der Waals surface area contributed by atoms with Crippen molar-refractivity contribution in [2.24, 2.45) is 5.92 Å². The third kappa shape index (κ3) is 3.12. The van der Waals surface area contributed by atoms with Gasteiger partial charge in [0.2, 0.25) is 0 Å².